The first-order chi connectivity index (χ1) is 9.88. The van der Waals surface area contributed by atoms with E-state index in [-0.39, 0.29) is 0 Å². The van der Waals surface area contributed by atoms with Crippen LogP contribution in [-0.4, -0.2) is 39.2 Å². The number of ether oxygens (including phenoxy) is 3. The van der Waals surface area contributed by atoms with Crippen LogP contribution >= 0.6 is 0 Å². The molecule has 0 aromatic rings. The lowest BCUT2D eigenvalue weighted by atomic mass is 9.95. The van der Waals surface area contributed by atoms with E-state index < -0.39 is 34.2 Å². The molecule has 1 saturated carbocycles. The number of esters is 3. The van der Waals surface area contributed by atoms with Crippen LogP contribution in [-0.2, 0) is 28.6 Å². The molecule has 108 valence electrons. The monoisotopic (exact) mass is 291 g/mol. The van der Waals surface area contributed by atoms with E-state index in [4.69, 9.17) is 0 Å². The predicted octanol–water partition coefficient (Wildman–Crippen LogP) is -0.951. The highest BCUT2D eigenvalue weighted by Crippen LogP contribution is 2.79. The molecule has 0 radical (unpaired) electrons. The van der Waals surface area contributed by atoms with Crippen molar-refractivity contribution in [3.05, 3.63) is 0 Å². The zero-order valence-electron chi connectivity index (χ0n) is 11.3. The van der Waals surface area contributed by atoms with Gasteiger partial charge in [-0.25, -0.2) is 0 Å². The van der Waals surface area contributed by atoms with Gasteiger partial charge in [-0.05, 0) is 0 Å². The summed E-state index contributed by atoms with van der Waals surface area (Å²) in [6, 6.07) is 4.19. The molecule has 0 aromatic carbocycles. The Bertz CT molecular complexity index is 551. The third-order valence-electron chi connectivity index (χ3n) is 3.60. The van der Waals surface area contributed by atoms with Crippen LogP contribution in [0.3, 0.4) is 0 Å². The molecule has 0 atom stereocenters. The average molecular weight is 291 g/mol. The first-order valence-corrected chi connectivity index (χ1v) is 5.37. The minimum absolute atomic E-state index is 0.887. The summed E-state index contributed by atoms with van der Waals surface area (Å²) in [5.41, 5.74) is -7.96. The van der Waals surface area contributed by atoms with Gasteiger partial charge in [-0.3, -0.25) is 14.4 Å². The molecule has 0 N–H and O–H groups in total. The van der Waals surface area contributed by atoms with Gasteiger partial charge in [0, 0.05) is 0 Å². The van der Waals surface area contributed by atoms with Crippen LogP contribution in [0.5, 0.6) is 0 Å². The van der Waals surface area contributed by atoms with E-state index in [1.54, 1.807) is 0 Å². The van der Waals surface area contributed by atoms with Gasteiger partial charge < -0.3 is 14.2 Å². The summed E-state index contributed by atoms with van der Waals surface area (Å²) in [6.45, 7) is 0. The van der Waals surface area contributed by atoms with E-state index in [2.05, 4.69) is 14.2 Å². The van der Waals surface area contributed by atoms with Gasteiger partial charge in [-0.1, -0.05) is 0 Å². The second kappa shape index (κ2) is 4.77. The fourth-order valence-electron chi connectivity index (χ4n) is 2.58. The fourth-order valence-corrected chi connectivity index (χ4v) is 2.58. The van der Waals surface area contributed by atoms with Gasteiger partial charge in [0.25, 0.3) is 0 Å². The Morgan fingerprint density at radius 2 is 0.857 bits per heavy atom. The van der Waals surface area contributed by atoms with Crippen molar-refractivity contribution >= 4 is 17.9 Å². The molecule has 21 heavy (non-hydrogen) atoms. The summed E-state index contributed by atoms with van der Waals surface area (Å²) in [6.07, 6.45) is 0. The lowest BCUT2D eigenvalue weighted by molar-refractivity contribution is -0.153. The minimum Gasteiger partial charge on any atom is -0.468 e. The molecular weight excluding hydrogens is 282 g/mol. The Labute approximate surface area is 119 Å². The lowest BCUT2D eigenvalue weighted by Crippen LogP contribution is -2.29. The number of nitriles is 3. The van der Waals surface area contributed by atoms with Gasteiger partial charge in [-0.15, -0.1) is 0 Å². The Kier molecular flexibility index (Phi) is 3.62. The van der Waals surface area contributed by atoms with Gasteiger partial charge in [0.15, 0.2) is 0 Å². The molecule has 9 heteroatoms. The first-order valence-electron chi connectivity index (χ1n) is 5.37. The van der Waals surface area contributed by atoms with Crippen LogP contribution in [0.25, 0.3) is 0 Å². The summed E-state index contributed by atoms with van der Waals surface area (Å²) < 4.78 is 13.2. The zero-order chi connectivity index (χ0) is 16.5. The Hall–Kier alpha value is -3.12. The zero-order valence-corrected chi connectivity index (χ0v) is 11.3. The van der Waals surface area contributed by atoms with Crippen LogP contribution in [0, 0.1) is 50.2 Å². The standard InChI is InChI=1S/C12H9N3O6/c1-19-7(16)10(4-13)11(5-14,8(17)20-2)12(10,6-15)9(18)21-3/h1-3H3. The maximum Gasteiger partial charge on any atom is 0.331 e. The van der Waals surface area contributed by atoms with Crippen molar-refractivity contribution in [2.24, 2.45) is 16.2 Å². The van der Waals surface area contributed by atoms with Crippen molar-refractivity contribution in [1.29, 1.82) is 15.8 Å². The molecule has 1 aliphatic rings. The topological polar surface area (TPSA) is 150 Å². The van der Waals surface area contributed by atoms with Crippen LogP contribution in [0.1, 0.15) is 0 Å². The highest BCUT2D eigenvalue weighted by molar-refractivity contribution is 6.13. The van der Waals surface area contributed by atoms with Gasteiger partial charge in [0.1, 0.15) is 0 Å². The lowest BCUT2D eigenvalue weighted by Gasteiger charge is -2.08. The van der Waals surface area contributed by atoms with Gasteiger partial charge in [0.05, 0.1) is 39.5 Å². The summed E-state index contributed by atoms with van der Waals surface area (Å²) in [5, 5.41) is 27.9. The molecule has 1 aliphatic carbocycles. The normalized spacial score (nSPS) is 32.6. The molecule has 1 rings (SSSR count). The van der Waals surface area contributed by atoms with Gasteiger partial charge in [0.2, 0.25) is 16.2 Å². The molecular formula is C12H9N3O6. The van der Waals surface area contributed by atoms with E-state index in [0.29, 0.717) is 0 Å². The molecule has 0 unspecified atom stereocenters. The van der Waals surface area contributed by atoms with E-state index in [0.717, 1.165) is 21.3 Å². The number of hydrogen-bond acceptors (Lipinski definition) is 9. The number of methoxy groups -OCH3 is 3. The molecule has 0 aromatic heterocycles. The average Bonchev–Trinajstić information content (AvgIpc) is 3.10. The first kappa shape index (κ1) is 15.9. The molecule has 0 amide bonds. The third-order valence-corrected chi connectivity index (χ3v) is 3.60. The smallest absolute Gasteiger partial charge is 0.331 e. The van der Waals surface area contributed by atoms with E-state index >= 15 is 0 Å². The fraction of sp³-hybridized carbons (Fsp3) is 0.500. The number of carbonyl (C=O) groups excluding carboxylic acids is 3. The van der Waals surface area contributed by atoms with Crippen molar-refractivity contribution < 1.29 is 28.6 Å². The van der Waals surface area contributed by atoms with Crippen molar-refractivity contribution in [3.8, 4) is 18.2 Å². The van der Waals surface area contributed by atoms with Crippen LogP contribution in [0.2, 0.25) is 0 Å². The molecule has 0 spiro atoms. The quantitative estimate of drug-likeness (QED) is 0.473. The highest BCUT2D eigenvalue weighted by Gasteiger charge is 3.03. The molecule has 0 aliphatic heterocycles. The van der Waals surface area contributed by atoms with Crippen molar-refractivity contribution in [2.75, 3.05) is 21.3 Å². The summed E-state index contributed by atoms with van der Waals surface area (Å²) in [5.74, 6) is -4.11. The predicted molar refractivity (Wildman–Crippen MR) is 60.2 cm³/mol. The Balaban J connectivity index is 3.86. The van der Waals surface area contributed by atoms with Crippen LogP contribution in [0.15, 0.2) is 0 Å². The van der Waals surface area contributed by atoms with E-state index in [9.17, 15) is 30.2 Å². The van der Waals surface area contributed by atoms with Crippen molar-refractivity contribution in [1.82, 2.24) is 0 Å². The van der Waals surface area contributed by atoms with Crippen LogP contribution < -0.4 is 0 Å². The summed E-state index contributed by atoms with van der Waals surface area (Å²) in [4.78, 5) is 35.9. The minimum atomic E-state index is -2.65. The number of nitrogens with zero attached hydrogens (tertiary/aromatic N) is 3. The Morgan fingerprint density at radius 1 is 0.667 bits per heavy atom. The third kappa shape index (κ3) is 1.24. The molecule has 0 saturated heterocycles. The molecule has 1 fully saturated rings. The second-order valence-electron chi connectivity index (χ2n) is 4.06. The molecule has 0 heterocycles. The SMILES string of the molecule is COC(=O)C1(C#N)C(C#N)(C(=O)OC)C1(C#N)C(=O)OC. The molecule has 9 nitrogen and oxygen atoms in total. The largest absolute Gasteiger partial charge is 0.468 e. The second-order valence-corrected chi connectivity index (χ2v) is 4.06. The molecule has 0 bridgehead atoms. The number of carbonyl (C=O) groups is 3. The van der Waals surface area contributed by atoms with Crippen molar-refractivity contribution in [2.45, 2.75) is 0 Å². The summed E-state index contributed by atoms with van der Waals surface area (Å²) in [7, 11) is 2.66. The van der Waals surface area contributed by atoms with Crippen molar-refractivity contribution in [3.63, 3.8) is 0 Å². The van der Waals surface area contributed by atoms with Gasteiger partial charge >= 0.3 is 17.9 Å². The van der Waals surface area contributed by atoms with Gasteiger partial charge in [-0.2, -0.15) is 15.8 Å². The highest BCUT2D eigenvalue weighted by atomic mass is 16.5. The maximum atomic E-state index is 12.0. The summed E-state index contributed by atoms with van der Waals surface area (Å²) >= 11 is 0. The van der Waals surface area contributed by atoms with E-state index in [1.807, 2.05) is 0 Å². The number of rotatable bonds is 3. The number of hydrogen-bond donors (Lipinski definition) is 0. The van der Waals surface area contributed by atoms with Crippen LogP contribution in [0.4, 0.5) is 0 Å². The maximum absolute atomic E-state index is 12.0. The Morgan fingerprint density at radius 3 is 0.952 bits per heavy atom. The van der Waals surface area contributed by atoms with E-state index in [1.165, 1.54) is 18.2 Å².